The van der Waals surface area contributed by atoms with Gasteiger partial charge in [-0.05, 0) is 60.7 Å². The van der Waals surface area contributed by atoms with E-state index in [2.05, 4.69) is 0 Å². The van der Waals surface area contributed by atoms with Gasteiger partial charge in [-0.3, -0.25) is 18.7 Å². The maximum Gasteiger partial charge on any atom is 0.321 e. The van der Waals surface area contributed by atoms with Crippen molar-refractivity contribution in [2.75, 3.05) is 0 Å². The summed E-state index contributed by atoms with van der Waals surface area (Å²) in [4.78, 5) is 27.5. The Morgan fingerprint density at radius 3 is 1.29 bits per heavy atom. The highest BCUT2D eigenvalue weighted by atomic mass is 16.3. The van der Waals surface area contributed by atoms with Gasteiger partial charge in [0.25, 0.3) is 0 Å². The Kier molecular flexibility index (Phi) is 4.14. The van der Waals surface area contributed by atoms with Crippen molar-refractivity contribution in [2.45, 2.75) is 0 Å². The molecule has 6 nitrogen and oxygen atoms in total. The van der Waals surface area contributed by atoms with Crippen LogP contribution in [0.1, 0.15) is 0 Å². The zero-order valence-electron chi connectivity index (χ0n) is 19.9. The highest BCUT2D eigenvalue weighted by molar-refractivity contribution is 6.06. The summed E-state index contributed by atoms with van der Waals surface area (Å²) >= 11 is 0. The van der Waals surface area contributed by atoms with Gasteiger partial charge in [0, 0.05) is 21.5 Å². The summed E-state index contributed by atoms with van der Waals surface area (Å²) in [5, 5.41) is 3.68. The van der Waals surface area contributed by atoms with Gasteiger partial charge < -0.3 is 8.83 Å². The molecule has 0 radical (unpaired) electrons. The van der Waals surface area contributed by atoms with E-state index in [1.165, 1.54) is 9.13 Å². The first-order valence-electron chi connectivity index (χ1n) is 12.3. The Morgan fingerprint density at radius 1 is 0.421 bits per heavy atom. The smallest absolute Gasteiger partial charge is 0.321 e. The summed E-state index contributed by atoms with van der Waals surface area (Å²) in [5.74, 6) is 0. The lowest BCUT2D eigenvalue weighted by molar-refractivity contribution is 0.668. The van der Waals surface area contributed by atoms with E-state index < -0.39 is 11.1 Å². The summed E-state index contributed by atoms with van der Waals surface area (Å²) in [6.07, 6.45) is 0. The van der Waals surface area contributed by atoms with Crippen LogP contribution in [0.3, 0.4) is 0 Å². The van der Waals surface area contributed by atoms with Crippen LogP contribution in [0.25, 0.3) is 66.3 Å². The third-order valence-electron chi connectivity index (χ3n) is 7.19. The predicted molar refractivity (Wildman–Crippen MR) is 150 cm³/mol. The quantitative estimate of drug-likeness (QED) is 0.244. The number of hydrogen-bond donors (Lipinski definition) is 0. The first-order chi connectivity index (χ1) is 18.7. The molecule has 3 heterocycles. The van der Waals surface area contributed by atoms with Crippen molar-refractivity contribution >= 4 is 54.9 Å². The number of para-hydroxylation sites is 4. The number of furan rings is 2. The van der Waals surface area contributed by atoms with E-state index in [1.807, 2.05) is 109 Å². The number of benzene rings is 5. The molecule has 3 aromatic heterocycles. The van der Waals surface area contributed by atoms with Gasteiger partial charge in [-0.1, -0.05) is 48.5 Å². The molecule has 0 saturated carbocycles. The standard InChI is InChI=1S/C32H18N2O4/c35-31-32(36)34(20-14-16-30-24(18-20)22-8-2-6-12-28(22)38-30)26-10-4-3-9-25(26)33(31)19-13-15-29-23(17-19)21-7-1-5-11-27(21)37-29/h1-18H. The van der Waals surface area contributed by atoms with Crippen molar-refractivity contribution < 1.29 is 8.83 Å². The minimum atomic E-state index is -0.631. The molecular formula is C32H18N2O4. The first kappa shape index (κ1) is 20.8. The molecule has 5 aromatic carbocycles. The van der Waals surface area contributed by atoms with Crippen LogP contribution < -0.4 is 11.1 Å². The van der Waals surface area contributed by atoms with Crippen LogP contribution in [0.5, 0.6) is 0 Å². The van der Waals surface area contributed by atoms with Crippen LogP contribution in [0.4, 0.5) is 0 Å². The summed E-state index contributed by atoms with van der Waals surface area (Å²) < 4.78 is 14.9. The minimum Gasteiger partial charge on any atom is -0.456 e. The molecule has 8 aromatic rings. The second kappa shape index (κ2) is 7.57. The normalized spacial score (nSPS) is 11.9. The van der Waals surface area contributed by atoms with Crippen LogP contribution in [0, 0.1) is 0 Å². The van der Waals surface area contributed by atoms with E-state index in [9.17, 15) is 9.59 Å². The largest absolute Gasteiger partial charge is 0.456 e. The Morgan fingerprint density at radius 2 is 0.816 bits per heavy atom. The Bertz CT molecular complexity index is 2180. The van der Waals surface area contributed by atoms with E-state index in [1.54, 1.807) is 0 Å². The predicted octanol–water partition coefficient (Wildman–Crippen LogP) is 6.94. The van der Waals surface area contributed by atoms with Crippen molar-refractivity contribution in [3.63, 3.8) is 0 Å². The van der Waals surface area contributed by atoms with Crippen molar-refractivity contribution in [3.05, 3.63) is 130 Å². The van der Waals surface area contributed by atoms with Crippen LogP contribution in [-0.4, -0.2) is 9.13 Å². The second-order valence-electron chi connectivity index (χ2n) is 9.33. The van der Waals surface area contributed by atoms with Gasteiger partial charge in [0.1, 0.15) is 22.3 Å². The lowest BCUT2D eigenvalue weighted by atomic mass is 10.1. The summed E-state index contributed by atoms with van der Waals surface area (Å²) in [6, 6.07) is 34.1. The molecule has 0 N–H and O–H groups in total. The number of rotatable bonds is 2. The van der Waals surface area contributed by atoms with Crippen molar-refractivity contribution in [3.8, 4) is 11.4 Å². The summed E-state index contributed by atoms with van der Waals surface area (Å²) in [6.45, 7) is 0. The van der Waals surface area contributed by atoms with Crippen molar-refractivity contribution in [2.24, 2.45) is 0 Å². The van der Waals surface area contributed by atoms with Gasteiger partial charge in [0.2, 0.25) is 0 Å². The Hall–Kier alpha value is -5.36. The highest BCUT2D eigenvalue weighted by Gasteiger charge is 2.18. The topological polar surface area (TPSA) is 70.3 Å². The zero-order chi connectivity index (χ0) is 25.4. The molecular weight excluding hydrogens is 476 g/mol. The average Bonchev–Trinajstić information content (AvgIpc) is 3.51. The molecule has 0 aliphatic carbocycles. The van der Waals surface area contributed by atoms with E-state index in [0.29, 0.717) is 22.4 Å². The number of hydrogen-bond acceptors (Lipinski definition) is 4. The maximum absolute atomic E-state index is 13.7. The monoisotopic (exact) mass is 494 g/mol. The maximum atomic E-state index is 13.7. The fourth-order valence-electron chi connectivity index (χ4n) is 5.47. The summed E-state index contributed by atoms with van der Waals surface area (Å²) in [5.41, 5.74) is 4.19. The SMILES string of the molecule is O=c1c(=O)n(-c2ccc3oc4ccccc4c3c2)c2ccccc2n1-c1ccc2oc3ccccc3c2c1. The molecule has 0 atom stereocenters. The van der Waals surface area contributed by atoms with Gasteiger partial charge in [0.15, 0.2) is 0 Å². The molecule has 0 aliphatic heterocycles. The molecule has 0 bridgehead atoms. The van der Waals surface area contributed by atoms with E-state index in [0.717, 1.165) is 43.9 Å². The number of nitrogens with zero attached hydrogens (tertiary/aromatic N) is 2. The minimum absolute atomic E-state index is 0.603. The van der Waals surface area contributed by atoms with Crippen molar-refractivity contribution in [1.29, 1.82) is 0 Å². The molecule has 38 heavy (non-hydrogen) atoms. The first-order valence-corrected chi connectivity index (χ1v) is 12.3. The number of aromatic nitrogens is 2. The zero-order valence-corrected chi connectivity index (χ0v) is 19.9. The lowest BCUT2D eigenvalue weighted by Crippen LogP contribution is -2.40. The third kappa shape index (κ3) is 2.82. The summed E-state index contributed by atoms with van der Waals surface area (Å²) in [7, 11) is 0. The molecule has 0 unspecified atom stereocenters. The lowest BCUT2D eigenvalue weighted by Gasteiger charge is -2.15. The fourth-order valence-corrected chi connectivity index (χ4v) is 5.47. The molecule has 0 fully saturated rings. The highest BCUT2D eigenvalue weighted by Crippen LogP contribution is 2.32. The van der Waals surface area contributed by atoms with Crippen LogP contribution in [0.2, 0.25) is 0 Å². The van der Waals surface area contributed by atoms with E-state index >= 15 is 0 Å². The molecule has 6 heteroatoms. The molecule has 0 amide bonds. The average molecular weight is 495 g/mol. The fraction of sp³-hybridized carbons (Fsp3) is 0. The van der Waals surface area contributed by atoms with Gasteiger partial charge >= 0.3 is 11.1 Å². The van der Waals surface area contributed by atoms with Gasteiger partial charge in [-0.15, -0.1) is 0 Å². The number of fused-ring (bicyclic) bond motifs is 7. The molecule has 0 spiro atoms. The van der Waals surface area contributed by atoms with Crippen LogP contribution >= 0.6 is 0 Å². The Labute approximate surface area is 214 Å². The van der Waals surface area contributed by atoms with E-state index in [4.69, 9.17) is 8.83 Å². The van der Waals surface area contributed by atoms with Gasteiger partial charge in [0.05, 0.1) is 22.4 Å². The third-order valence-corrected chi connectivity index (χ3v) is 7.19. The molecule has 180 valence electrons. The van der Waals surface area contributed by atoms with Gasteiger partial charge in [-0.2, -0.15) is 0 Å². The van der Waals surface area contributed by atoms with Crippen molar-refractivity contribution in [1.82, 2.24) is 9.13 Å². The Balaban J connectivity index is 1.42. The van der Waals surface area contributed by atoms with Gasteiger partial charge in [-0.25, -0.2) is 0 Å². The van der Waals surface area contributed by atoms with Crippen LogP contribution in [-0.2, 0) is 0 Å². The molecule has 0 aliphatic rings. The molecule has 0 saturated heterocycles. The second-order valence-corrected chi connectivity index (χ2v) is 9.33. The molecule has 8 rings (SSSR count). The van der Waals surface area contributed by atoms with E-state index in [-0.39, 0.29) is 0 Å². The van der Waals surface area contributed by atoms with Crippen LogP contribution in [0.15, 0.2) is 128 Å².